The molecule has 224 valence electrons. The molecule has 5 nitrogen and oxygen atoms in total. The first kappa shape index (κ1) is 31.3. The second-order valence-electron chi connectivity index (χ2n) is 15.0. The number of carbonyl (C=O) groups excluding carboxylic acids is 1. The van der Waals surface area contributed by atoms with Crippen LogP contribution < -0.4 is 0 Å². The van der Waals surface area contributed by atoms with Crippen LogP contribution in [0.4, 0.5) is 0 Å². The van der Waals surface area contributed by atoms with Crippen molar-refractivity contribution in [3.63, 3.8) is 0 Å². The topological polar surface area (TPSA) is 65.0 Å². The van der Waals surface area contributed by atoms with E-state index < -0.39 is 0 Å². The van der Waals surface area contributed by atoms with Gasteiger partial charge in [-0.3, -0.25) is 0 Å². The standard InChI is InChI=1S/C14H22O3.C10H17ClO.C9H16O/c1-10(2)13(15)17-9-16-8-14(3)7-11-4-5-12(14)6-11;1-10(6-12-7-11)5-8-2-3-9(10)4-8;1-9(6-10)5-7-2-3-8(9)4-7/h11-12H,1,4-9H2,2-3H3;8-9H,2-7H2,1H3;7-8,10H,2-6H2,1H3. The summed E-state index contributed by atoms with van der Waals surface area (Å²) in [6.07, 6.45) is 16.6. The third-order valence-electron chi connectivity index (χ3n) is 11.8. The van der Waals surface area contributed by atoms with E-state index in [4.69, 9.17) is 30.9 Å². The van der Waals surface area contributed by atoms with Crippen molar-refractivity contribution < 1.29 is 24.1 Å². The second-order valence-corrected chi connectivity index (χ2v) is 15.2. The number of fused-ring (bicyclic) bond motifs is 6. The molecule has 6 fully saturated rings. The van der Waals surface area contributed by atoms with Gasteiger partial charge in [-0.05, 0) is 116 Å². The molecule has 6 bridgehead atoms. The Bertz CT molecular complexity index is 848. The summed E-state index contributed by atoms with van der Waals surface area (Å²) >= 11 is 5.52. The molecule has 0 aromatic carbocycles. The molecule has 0 aromatic rings. The molecule has 0 amide bonds. The average Bonchev–Trinajstić information content (AvgIpc) is 3.74. The minimum absolute atomic E-state index is 0.0542. The van der Waals surface area contributed by atoms with E-state index in [1.165, 1.54) is 77.0 Å². The largest absolute Gasteiger partial charge is 0.435 e. The van der Waals surface area contributed by atoms with E-state index in [9.17, 15) is 4.79 Å². The number of alkyl halides is 1. The zero-order valence-corrected chi connectivity index (χ0v) is 25.9. The molecule has 1 N–H and O–H groups in total. The Balaban J connectivity index is 0.000000141. The van der Waals surface area contributed by atoms with Gasteiger partial charge in [-0.15, -0.1) is 0 Å². The molecule has 9 unspecified atom stereocenters. The van der Waals surface area contributed by atoms with Gasteiger partial charge in [0.05, 0.1) is 13.2 Å². The molecule has 6 rings (SSSR count). The molecule has 0 aromatic heterocycles. The summed E-state index contributed by atoms with van der Waals surface area (Å²) in [6.45, 7) is 14.1. The number of hydrogen-bond acceptors (Lipinski definition) is 5. The summed E-state index contributed by atoms with van der Waals surface area (Å²) in [5, 5.41) is 9.15. The fourth-order valence-corrected chi connectivity index (χ4v) is 9.55. The van der Waals surface area contributed by atoms with Gasteiger partial charge in [0.1, 0.15) is 6.07 Å². The van der Waals surface area contributed by atoms with Crippen molar-refractivity contribution in [3.8, 4) is 0 Å². The summed E-state index contributed by atoms with van der Waals surface area (Å²) < 4.78 is 15.8. The minimum atomic E-state index is -0.372. The maximum absolute atomic E-state index is 11.1. The summed E-state index contributed by atoms with van der Waals surface area (Å²) in [4.78, 5) is 11.1. The van der Waals surface area contributed by atoms with Crippen molar-refractivity contribution in [3.05, 3.63) is 12.2 Å². The summed E-state index contributed by atoms with van der Waals surface area (Å²) in [7, 11) is 0. The van der Waals surface area contributed by atoms with Crippen LogP contribution in [-0.4, -0.2) is 43.8 Å². The highest BCUT2D eigenvalue weighted by Crippen LogP contribution is 2.57. The molecule has 0 radical (unpaired) electrons. The van der Waals surface area contributed by atoms with E-state index in [0.717, 1.165) is 42.1 Å². The van der Waals surface area contributed by atoms with Crippen LogP contribution in [0.5, 0.6) is 0 Å². The van der Waals surface area contributed by atoms with E-state index >= 15 is 0 Å². The summed E-state index contributed by atoms with van der Waals surface area (Å²) in [5.41, 5.74) is 1.49. The SMILES string of the molecule is C=C(C)C(=O)OCOCC1(C)CC2CCC1C2.CC1(CO)CC2CCC1C2.CC1(COCCl)CC2CCC1C2. The number of esters is 1. The molecule has 6 aliphatic carbocycles. The van der Waals surface area contributed by atoms with E-state index in [1.54, 1.807) is 6.92 Å². The van der Waals surface area contributed by atoms with Gasteiger partial charge in [0.15, 0.2) is 6.79 Å². The molecule has 0 aliphatic heterocycles. The Morgan fingerprint density at radius 3 is 1.54 bits per heavy atom. The zero-order valence-electron chi connectivity index (χ0n) is 25.2. The normalized spacial score (nSPS) is 42.6. The van der Waals surface area contributed by atoms with Crippen LogP contribution in [0.3, 0.4) is 0 Å². The van der Waals surface area contributed by atoms with Crippen LogP contribution in [0.25, 0.3) is 0 Å². The van der Waals surface area contributed by atoms with Crippen LogP contribution in [0.15, 0.2) is 12.2 Å². The third kappa shape index (κ3) is 7.43. The Morgan fingerprint density at radius 2 is 1.23 bits per heavy atom. The summed E-state index contributed by atoms with van der Waals surface area (Å²) in [6, 6.07) is 0.354. The van der Waals surface area contributed by atoms with Gasteiger partial charge in [-0.1, -0.05) is 58.2 Å². The number of aliphatic hydroxyl groups excluding tert-OH is 1. The lowest BCUT2D eigenvalue weighted by molar-refractivity contribution is -0.155. The highest BCUT2D eigenvalue weighted by molar-refractivity contribution is 6.17. The fraction of sp³-hybridized carbons (Fsp3) is 0.909. The van der Waals surface area contributed by atoms with E-state index in [0.29, 0.717) is 41.1 Å². The number of hydrogen-bond donors (Lipinski definition) is 1. The third-order valence-corrected chi connectivity index (χ3v) is 11.9. The molecule has 6 saturated carbocycles. The Hall–Kier alpha value is -0.620. The van der Waals surface area contributed by atoms with Gasteiger partial charge >= 0.3 is 5.97 Å². The first-order chi connectivity index (χ1) is 18.5. The Kier molecular flexibility index (Phi) is 10.5. The monoisotopic (exact) mass is 566 g/mol. The number of rotatable bonds is 9. The fourth-order valence-electron chi connectivity index (χ4n) is 9.47. The highest BCUT2D eigenvalue weighted by atomic mass is 35.5. The minimum Gasteiger partial charge on any atom is -0.435 e. The predicted molar refractivity (Wildman–Crippen MR) is 156 cm³/mol. The highest BCUT2D eigenvalue weighted by Gasteiger charge is 2.49. The van der Waals surface area contributed by atoms with Crippen LogP contribution in [-0.2, 0) is 19.0 Å². The first-order valence-electron chi connectivity index (χ1n) is 15.6. The molecular weight excluding hydrogens is 512 g/mol. The quantitative estimate of drug-likeness (QED) is 0.102. The van der Waals surface area contributed by atoms with Crippen LogP contribution >= 0.6 is 11.6 Å². The molecule has 9 atom stereocenters. The van der Waals surface area contributed by atoms with Crippen molar-refractivity contribution in [1.82, 2.24) is 0 Å². The lowest BCUT2D eigenvalue weighted by Gasteiger charge is -2.33. The van der Waals surface area contributed by atoms with Crippen molar-refractivity contribution in [1.29, 1.82) is 0 Å². The number of aliphatic hydroxyl groups is 1. The Morgan fingerprint density at radius 1 is 0.795 bits per heavy atom. The molecule has 6 heteroatoms. The molecule has 0 saturated heterocycles. The lowest BCUT2D eigenvalue weighted by Crippen LogP contribution is -2.30. The van der Waals surface area contributed by atoms with Crippen molar-refractivity contribution in [2.75, 3.05) is 32.7 Å². The van der Waals surface area contributed by atoms with Gasteiger partial charge in [0.2, 0.25) is 0 Å². The first-order valence-corrected chi connectivity index (χ1v) is 16.2. The van der Waals surface area contributed by atoms with Gasteiger partial charge in [0, 0.05) is 12.2 Å². The predicted octanol–water partition coefficient (Wildman–Crippen LogP) is 7.74. The van der Waals surface area contributed by atoms with Crippen molar-refractivity contribution in [2.24, 2.45) is 51.8 Å². The van der Waals surface area contributed by atoms with Gasteiger partial charge in [-0.2, -0.15) is 0 Å². The van der Waals surface area contributed by atoms with Crippen LogP contribution in [0, 0.1) is 51.8 Å². The van der Waals surface area contributed by atoms with E-state index in [2.05, 4.69) is 27.4 Å². The molecule has 0 heterocycles. The molecular formula is C33H55ClO5. The molecule has 39 heavy (non-hydrogen) atoms. The number of carbonyl (C=O) groups is 1. The number of ether oxygens (including phenoxy) is 3. The maximum atomic E-state index is 11.1. The van der Waals surface area contributed by atoms with Crippen molar-refractivity contribution >= 4 is 17.6 Å². The smallest absolute Gasteiger partial charge is 0.335 e. The van der Waals surface area contributed by atoms with Gasteiger partial charge in [0.25, 0.3) is 0 Å². The molecule has 0 spiro atoms. The van der Waals surface area contributed by atoms with E-state index in [1.807, 2.05) is 0 Å². The second kappa shape index (κ2) is 13.1. The lowest BCUT2D eigenvalue weighted by atomic mass is 9.75. The Labute approximate surface area is 242 Å². The van der Waals surface area contributed by atoms with Crippen LogP contribution in [0.1, 0.15) is 105 Å². The van der Waals surface area contributed by atoms with Crippen molar-refractivity contribution in [2.45, 2.75) is 105 Å². The van der Waals surface area contributed by atoms with Crippen LogP contribution in [0.2, 0.25) is 0 Å². The van der Waals surface area contributed by atoms with Gasteiger partial charge in [-0.25, -0.2) is 4.79 Å². The number of halogens is 1. The van der Waals surface area contributed by atoms with Gasteiger partial charge < -0.3 is 19.3 Å². The summed E-state index contributed by atoms with van der Waals surface area (Å²) in [5.74, 6) is 5.08. The van der Waals surface area contributed by atoms with E-state index in [-0.39, 0.29) is 12.8 Å². The average molecular weight is 567 g/mol. The molecule has 6 aliphatic rings. The zero-order chi connectivity index (χ0) is 28.3. The maximum Gasteiger partial charge on any atom is 0.335 e.